The Morgan fingerprint density at radius 3 is 1.75 bits per heavy atom. The first kappa shape index (κ1) is 33.2. The molecule has 0 N–H and O–H groups in total. The van der Waals surface area contributed by atoms with E-state index < -0.39 is 16.6 Å². The van der Waals surface area contributed by atoms with Crippen LogP contribution in [0.15, 0.2) is 30.3 Å². The van der Waals surface area contributed by atoms with E-state index in [-0.39, 0.29) is 39.9 Å². The van der Waals surface area contributed by atoms with Crippen LogP contribution in [0.1, 0.15) is 80.7 Å². The highest BCUT2D eigenvalue weighted by Gasteiger charge is 2.43. The van der Waals surface area contributed by atoms with Crippen LogP contribution >= 0.6 is 0 Å². The SMILES string of the molecule is CC[C@@H](O[Si](C)(C)C(C)(C)C)[C@H](C)C(=O)C[C@@H](O[Si](C)(C)C(C)(C)C)[C@@H](C)COCc1ccccc1. The van der Waals surface area contributed by atoms with E-state index in [1.54, 1.807) is 0 Å². The van der Waals surface area contributed by atoms with Gasteiger partial charge in [0.05, 0.1) is 25.4 Å². The summed E-state index contributed by atoms with van der Waals surface area (Å²) in [5.41, 5.74) is 1.16. The van der Waals surface area contributed by atoms with Crippen LogP contribution in [0.3, 0.4) is 0 Å². The van der Waals surface area contributed by atoms with Gasteiger partial charge in [0.1, 0.15) is 5.78 Å². The van der Waals surface area contributed by atoms with Crippen LogP contribution in [0, 0.1) is 11.8 Å². The first-order valence-corrected chi connectivity index (χ1v) is 19.6. The average molecular weight is 537 g/mol. The molecule has 0 aromatic heterocycles. The minimum atomic E-state index is -2.07. The molecule has 1 aromatic carbocycles. The number of ketones is 1. The van der Waals surface area contributed by atoms with Gasteiger partial charge in [0.15, 0.2) is 16.6 Å². The van der Waals surface area contributed by atoms with Crippen molar-refractivity contribution < 1.29 is 18.4 Å². The van der Waals surface area contributed by atoms with Crippen molar-refractivity contribution in [3.05, 3.63) is 35.9 Å². The zero-order valence-electron chi connectivity index (χ0n) is 25.7. The lowest BCUT2D eigenvalue weighted by Gasteiger charge is -2.42. The van der Waals surface area contributed by atoms with E-state index in [4.69, 9.17) is 13.6 Å². The minimum Gasteiger partial charge on any atom is -0.413 e. The summed E-state index contributed by atoms with van der Waals surface area (Å²) in [6.07, 6.45) is 1.02. The van der Waals surface area contributed by atoms with Crippen molar-refractivity contribution >= 4 is 22.4 Å². The summed E-state index contributed by atoms with van der Waals surface area (Å²) < 4.78 is 19.7. The second kappa shape index (κ2) is 13.3. The average Bonchev–Trinajstić information content (AvgIpc) is 2.75. The maximum absolute atomic E-state index is 13.7. The monoisotopic (exact) mass is 536 g/mol. The van der Waals surface area contributed by atoms with E-state index in [0.717, 1.165) is 12.0 Å². The van der Waals surface area contributed by atoms with E-state index in [9.17, 15) is 4.79 Å². The van der Waals surface area contributed by atoms with Crippen LogP contribution in [-0.4, -0.2) is 41.2 Å². The number of benzene rings is 1. The Morgan fingerprint density at radius 1 is 0.833 bits per heavy atom. The van der Waals surface area contributed by atoms with E-state index in [0.29, 0.717) is 19.6 Å². The number of carbonyl (C=O) groups excluding carboxylic acids is 1. The third-order valence-corrected chi connectivity index (χ3v) is 17.5. The zero-order chi connectivity index (χ0) is 27.9. The van der Waals surface area contributed by atoms with Gasteiger partial charge < -0.3 is 13.6 Å². The minimum absolute atomic E-state index is 0.0588. The second-order valence-corrected chi connectivity index (χ2v) is 23.2. The van der Waals surface area contributed by atoms with Crippen molar-refractivity contribution in [2.24, 2.45) is 11.8 Å². The topological polar surface area (TPSA) is 44.8 Å². The molecule has 0 saturated carbocycles. The molecule has 0 saturated heterocycles. The predicted molar refractivity (Wildman–Crippen MR) is 158 cm³/mol. The third kappa shape index (κ3) is 9.82. The van der Waals surface area contributed by atoms with E-state index in [2.05, 4.69) is 93.7 Å². The molecular formula is C30H56O4Si2. The van der Waals surface area contributed by atoms with Gasteiger partial charge in [-0.05, 0) is 48.2 Å². The van der Waals surface area contributed by atoms with Gasteiger partial charge in [0, 0.05) is 18.3 Å². The molecular weight excluding hydrogens is 480 g/mol. The summed E-state index contributed by atoms with van der Waals surface area (Å²) in [7, 11) is -4.04. The number of ether oxygens (including phenoxy) is 1. The number of hydrogen-bond donors (Lipinski definition) is 0. The number of hydrogen-bond acceptors (Lipinski definition) is 4. The molecule has 4 atom stereocenters. The van der Waals surface area contributed by atoms with Crippen LogP contribution in [0.5, 0.6) is 0 Å². The molecule has 0 heterocycles. The number of Topliss-reactive ketones (excluding diaryl/α,β-unsaturated/α-hetero) is 1. The van der Waals surface area contributed by atoms with Gasteiger partial charge in [-0.2, -0.15) is 0 Å². The molecule has 1 rings (SSSR count). The van der Waals surface area contributed by atoms with Gasteiger partial charge >= 0.3 is 0 Å². The molecule has 0 aliphatic heterocycles. The lowest BCUT2D eigenvalue weighted by Crippen LogP contribution is -2.48. The molecule has 0 unspecified atom stereocenters. The Bertz CT molecular complexity index is 793. The van der Waals surface area contributed by atoms with Gasteiger partial charge in [-0.1, -0.05) is 92.6 Å². The van der Waals surface area contributed by atoms with Crippen molar-refractivity contribution in [1.82, 2.24) is 0 Å². The Labute approximate surface area is 225 Å². The van der Waals surface area contributed by atoms with Gasteiger partial charge in [0.2, 0.25) is 0 Å². The van der Waals surface area contributed by atoms with Crippen LogP contribution in [-0.2, 0) is 25.0 Å². The van der Waals surface area contributed by atoms with Gasteiger partial charge in [-0.15, -0.1) is 0 Å². The van der Waals surface area contributed by atoms with E-state index in [1.165, 1.54) is 0 Å². The Kier molecular flexibility index (Phi) is 12.3. The Balaban J connectivity index is 3.00. The van der Waals surface area contributed by atoms with E-state index >= 15 is 0 Å². The molecule has 0 amide bonds. The number of carbonyl (C=O) groups is 1. The van der Waals surface area contributed by atoms with Crippen LogP contribution in [0.4, 0.5) is 0 Å². The summed E-state index contributed by atoms with van der Waals surface area (Å²) in [6.45, 7) is 30.0. The molecule has 0 spiro atoms. The molecule has 0 bridgehead atoms. The largest absolute Gasteiger partial charge is 0.413 e. The molecule has 0 aliphatic rings. The van der Waals surface area contributed by atoms with Crippen molar-refractivity contribution in [2.75, 3.05) is 6.61 Å². The summed E-state index contributed by atoms with van der Waals surface area (Å²) in [6, 6.07) is 10.2. The summed E-state index contributed by atoms with van der Waals surface area (Å²) in [4.78, 5) is 13.7. The lowest BCUT2D eigenvalue weighted by atomic mass is 9.91. The van der Waals surface area contributed by atoms with Gasteiger partial charge in [-0.3, -0.25) is 4.79 Å². The maximum atomic E-state index is 13.7. The summed E-state index contributed by atoms with van der Waals surface area (Å²) in [5.74, 6) is 0.187. The van der Waals surface area contributed by atoms with Gasteiger partial charge in [-0.25, -0.2) is 0 Å². The van der Waals surface area contributed by atoms with Crippen LogP contribution in [0.25, 0.3) is 0 Å². The molecule has 0 fully saturated rings. The van der Waals surface area contributed by atoms with Crippen molar-refractivity contribution in [2.45, 2.75) is 130 Å². The quantitative estimate of drug-likeness (QED) is 0.223. The highest BCUT2D eigenvalue weighted by molar-refractivity contribution is 6.74. The first-order chi connectivity index (χ1) is 16.3. The maximum Gasteiger partial charge on any atom is 0.192 e. The van der Waals surface area contributed by atoms with Crippen LogP contribution in [0.2, 0.25) is 36.3 Å². The van der Waals surface area contributed by atoms with Crippen molar-refractivity contribution in [3.63, 3.8) is 0 Å². The highest BCUT2D eigenvalue weighted by atomic mass is 28.4. The summed E-state index contributed by atoms with van der Waals surface area (Å²) in [5, 5.41) is 0.184. The van der Waals surface area contributed by atoms with Crippen molar-refractivity contribution in [3.8, 4) is 0 Å². The van der Waals surface area contributed by atoms with Crippen molar-refractivity contribution in [1.29, 1.82) is 0 Å². The molecule has 208 valence electrons. The molecule has 6 heteroatoms. The van der Waals surface area contributed by atoms with E-state index in [1.807, 2.05) is 25.1 Å². The first-order valence-electron chi connectivity index (χ1n) is 13.8. The smallest absolute Gasteiger partial charge is 0.192 e. The lowest BCUT2D eigenvalue weighted by molar-refractivity contribution is -0.128. The fourth-order valence-corrected chi connectivity index (χ4v) is 6.55. The molecule has 36 heavy (non-hydrogen) atoms. The highest BCUT2D eigenvalue weighted by Crippen LogP contribution is 2.40. The van der Waals surface area contributed by atoms with Crippen LogP contribution < -0.4 is 0 Å². The Morgan fingerprint density at radius 2 is 1.31 bits per heavy atom. The fourth-order valence-electron chi connectivity index (χ4n) is 3.64. The second-order valence-electron chi connectivity index (χ2n) is 13.7. The molecule has 0 radical (unpaired) electrons. The molecule has 4 nitrogen and oxygen atoms in total. The fraction of sp³-hybridized carbons (Fsp3) is 0.767. The normalized spacial score (nSPS) is 16.9. The zero-order valence-corrected chi connectivity index (χ0v) is 27.7. The molecule has 1 aromatic rings. The summed E-state index contributed by atoms with van der Waals surface area (Å²) >= 11 is 0. The van der Waals surface area contributed by atoms with Gasteiger partial charge in [0.25, 0.3) is 0 Å². The standard InChI is InChI=1S/C30H56O4Si2/c1-14-27(33-35(10,11)29(4,5)6)24(3)26(31)20-28(34-36(12,13)30(7,8)9)23(2)21-32-22-25-18-16-15-17-19-25/h15-19,23-24,27-28H,14,20-22H2,1-13H3/t23-,24+,27+,28+/m0/s1. The predicted octanol–water partition coefficient (Wildman–Crippen LogP) is 8.63. The third-order valence-electron chi connectivity index (χ3n) is 8.50. The Hall–Kier alpha value is -0.796. The molecule has 0 aliphatic carbocycles. The number of rotatable bonds is 14.